The van der Waals surface area contributed by atoms with Gasteiger partial charge in [-0.05, 0) is 33.0 Å². The predicted octanol–water partition coefficient (Wildman–Crippen LogP) is 1.10. The first kappa shape index (κ1) is 14.7. The molecule has 18 heavy (non-hydrogen) atoms. The molecule has 1 aromatic carbocycles. The fourth-order valence-corrected chi connectivity index (χ4v) is 1.82. The highest BCUT2D eigenvalue weighted by Crippen LogP contribution is 2.18. The molecule has 2 N–H and O–H groups in total. The summed E-state index contributed by atoms with van der Waals surface area (Å²) in [6.07, 6.45) is 0.583. The first-order valence-electron chi connectivity index (χ1n) is 6.18. The summed E-state index contributed by atoms with van der Waals surface area (Å²) in [5.74, 6) is -0.0303. The van der Waals surface area contributed by atoms with Crippen molar-refractivity contribution in [1.29, 1.82) is 0 Å². The van der Waals surface area contributed by atoms with Gasteiger partial charge >= 0.3 is 0 Å². The first-order chi connectivity index (χ1) is 8.56. The lowest BCUT2D eigenvalue weighted by Gasteiger charge is -2.24. The van der Waals surface area contributed by atoms with Crippen LogP contribution in [0, 0.1) is 6.92 Å². The van der Waals surface area contributed by atoms with E-state index >= 15 is 0 Å². The van der Waals surface area contributed by atoms with Gasteiger partial charge in [0.1, 0.15) is 6.04 Å². The van der Waals surface area contributed by atoms with E-state index in [0.717, 1.165) is 5.56 Å². The maximum absolute atomic E-state index is 12.1. The Morgan fingerprint density at radius 3 is 2.44 bits per heavy atom. The minimum Gasteiger partial charge on any atom is -0.396 e. The zero-order chi connectivity index (χ0) is 13.5. The number of likely N-dealkylation sites (N-methyl/N-ethyl adjacent to an activating group) is 1. The summed E-state index contributed by atoms with van der Waals surface area (Å²) in [5.41, 5.74) is 2.16. The van der Waals surface area contributed by atoms with Crippen molar-refractivity contribution < 1.29 is 9.90 Å². The van der Waals surface area contributed by atoms with Crippen LogP contribution in [-0.4, -0.2) is 43.2 Å². The van der Waals surface area contributed by atoms with Crippen LogP contribution in [0.3, 0.4) is 0 Å². The van der Waals surface area contributed by atoms with Crippen molar-refractivity contribution in [2.75, 3.05) is 27.2 Å². The fraction of sp³-hybridized carbons (Fsp3) is 0.500. The number of hydrogen-bond acceptors (Lipinski definition) is 3. The average Bonchev–Trinajstić information content (AvgIpc) is 2.32. The van der Waals surface area contributed by atoms with Gasteiger partial charge in [-0.15, -0.1) is 0 Å². The van der Waals surface area contributed by atoms with Crippen LogP contribution >= 0.6 is 0 Å². The summed E-state index contributed by atoms with van der Waals surface area (Å²) in [4.78, 5) is 14.0. The number of aliphatic hydroxyl groups is 1. The number of aliphatic hydroxyl groups excluding tert-OH is 1. The summed E-state index contributed by atoms with van der Waals surface area (Å²) in [7, 11) is 3.77. The van der Waals surface area contributed by atoms with Crippen molar-refractivity contribution >= 4 is 5.91 Å². The van der Waals surface area contributed by atoms with Crippen LogP contribution in [0.15, 0.2) is 24.3 Å². The van der Waals surface area contributed by atoms with Crippen molar-refractivity contribution in [3.63, 3.8) is 0 Å². The molecule has 0 heterocycles. The van der Waals surface area contributed by atoms with E-state index in [9.17, 15) is 4.79 Å². The third-order valence-electron chi connectivity index (χ3n) is 2.79. The molecule has 1 rings (SSSR count). The standard InChI is InChI=1S/C14H22N2O2/c1-11-5-7-12(8-6-11)13(16(2)3)14(18)15-9-4-10-17/h5-8,13,17H,4,9-10H2,1-3H3,(H,15,18)/t13-/m0/s1. The van der Waals surface area contributed by atoms with Crippen molar-refractivity contribution in [3.8, 4) is 0 Å². The smallest absolute Gasteiger partial charge is 0.241 e. The van der Waals surface area contributed by atoms with E-state index in [0.29, 0.717) is 13.0 Å². The Morgan fingerprint density at radius 2 is 1.94 bits per heavy atom. The Balaban J connectivity index is 2.76. The summed E-state index contributed by atoms with van der Waals surface area (Å²) >= 11 is 0. The summed E-state index contributed by atoms with van der Waals surface area (Å²) in [6, 6.07) is 7.68. The molecule has 100 valence electrons. The van der Waals surface area contributed by atoms with Gasteiger partial charge in [-0.25, -0.2) is 0 Å². The minimum atomic E-state index is -0.288. The molecule has 0 aromatic heterocycles. The van der Waals surface area contributed by atoms with E-state index in [2.05, 4.69) is 5.32 Å². The Labute approximate surface area is 109 Å². The van der Waals surface area contributed by atoms with Crippen LogP contribution in [0.25, 0.3) is 0 Å². The number of benzene rings is 1. The predicted molar refractivity (Wildman–Crippen MR) is 72.3 cm³/mol. The maximum Gasteiger partial charge on any atom is 0.241 e. The van der Waals surface area contributed by atoms with Gasteiger partial charge in [0.2, 0.25) is 5.91 Å². The summed E-state index contributed by atoms with van der Waals surface area (Å²) in [6.45, 7) is 2.62. The Bertz CT molecular complexity index is 374. The molecule has 4 nitrogen and oxygen atoms in total. The third kappa shape index (κ3) is 4.13. The highest BCUT2D eigenvalue weighted by molar-refractivity contribution is 5.83. The number of hydrogen-bond donors (Lipinski definition) is 2. The van der Waals surface area contributed by atoms with E-state index in [-0.39, 0.29) is 18.6 Å². The number of carbonyl (C=O) groups is 1. The Morgan fingerprint density at radius 1 is 1.33 bits per heavy atom. The number of rotatable bonds is 6. The molecule has 4 heteroatoms. The quantitative estimate of drug-likeness (QED) is 0.743. The molecule has 0 spiro atoms. The van der Waals surface area contributed by atoms with Gasteiger partial charge in [-0.1, -0.05) is 29.8 Å². The van der Waals surface area contributed by atoms with Crippen LogP contribution in [0.1, 0.15) is 23.6 Å². The van der Waals surface area contributed by atoms with Gasteiger partial charge < -0.3 is 10.4 Å². The van der Waals surface area contributed by atoms with E-state index in [1.165, 1.54) is 5.56 Å². The lowest BCUT2D eigenvalue weighted by Crippen LogP contribution is -2.37. The molecule has 1 amide bonds. The molecule has 1 atom stereocenters. The zero-order valence-corrected chi connectivity index (χ0v) is 11.3. The topological polar surface area (TPSA) is 52.6 Å². The second-order valence-corrected chi connectivity index (χ2v) is 4.65. The van der Waals surface area contributed by atoms with Gasteiger partial charge in [0.15, 0.2) is 0 Å². The van der Waals surface area contributed by atoms with Crippen molar-refractivity contribution in [3.05, 3.63) is 35.4 Å². The first-order valence-corrected chi connectivity index (χ1v) is 6.18. The van der Waals surface area contributed by atoms with Gasteiger partial charge in [-0.2, -0.15) is 0 Å². The van der Waals surface area contributed by atoms with Crippen molar-refractivity contribution in [1.82, 2.24) is 10.2 Å². The summed E-state index contributed by atoms with van der Waals surface area (Å²) in [5, 5.41) is 11.6. The van der Waals surface area contributed by atoms with Gasteiger partial charge in [0, 0.05) is 13.2 Å². The molecular formula is C14H22N2O2. The van der Waals surface area contributed by atoms with Crippen molar-refractivity contribution in [2.24, 2.45) is 0 Å². The van der Waals surface area contributed by atoms with Crippen LogP contribution in [0.2, 0.25) is 0 Å². The van der Waals surface area contributed by atoms with E-state index in [4.69, 9.17) is 5.11 Å². The number of carbonyl (C=O) groups excluding carboxylic acids is 1. The van der Waals surface area contributed by atoms with Crippen LogP contribution in [-0.2, 0) is 4.79 Å². The SMILES string of the molecule is Cc1ccc([C@@H](C(=O)NCCCO)N(C)C)cc1. The molecule has 0 fully saturated rings. The zero-order valence-electron chi connectivity index (χ0n) is 11.3. The molecule has 0 aliphatic carbocycles. The second kappa shape index (κ2) is 7.13. The van der Waals surface area contributed by atoms with Gasteiger partial charge in [0.05, 0.1) is 0 Å². The monoisotopic (exact) mass is 250 g/mol. The van der Waals surface area contributed by atoms with E-state index < -0.39 is 0 Å². The third-order valence-corrected chi connectivity index (χ3v) is 2.79. The van der Waals surface area contributed by atoms with E-state index in [1.54, 1.807) is 0 Å². The Hall–Kier alpha value is -1.39. The molecular weight excluding hydrogens is 228 g/mol. The number of nitrogens with zero attached hydrogens (tertiary/aromatic N) is 1. The average molecular weight is 250 g/mol. The van der Waals surface area contributed by atoms with Gasteiger partial charge in [-0.3, -0.25) is 9.69 Å². The van der Waals surface area contributed by atoms with Gasteiger partial charge in [0.25, 0.3) is 0 Å². The molecule has 0 unspecified atom stereocenters. The largest absolute Gasteiger partial charge is 0.396 e. The highest BCUT2D eigenvalue weighted by atomic mass is 16.3. The second-order valence-electron chi connectivity index (χ2n) is 4.65. The normalized spacial score (nSPS) is 12.5. The van der Waals surface area contributed by atoms with Crippen molar-refractivity contribution in [2.45, 2.75) is 19.4 Å². The lowest BCUT2D eigenvalue weighted by atomic mass is 10.0. The molecule has 0 aliphatic rings. The molecule has 0 saturated carbocycles. The molecule has 0 bridgehead atoms. The number of nitrogens with one attached hydrogen (secondary N) is 1. The molecule has 0 aliphatic heterocycles. The summed E-state index contributed by atoms with van der Waals surface area (Å²) < 4.78 is 0. The number of amides is 1. The van der Waals surface area contributed by atoms with E-state index in [1.807, 2.05) is 50.2 Å². The highest BCUT2D eigenvalue weighted by Gasteiger charge is 2.22. The van der Waals surface area contributed by atoms with Crippen LogP contribution < -0.4 is 5.32 Å². The minimum absolute atomic E-state index is 0.0303. The molecule has 0 radical (unpaired) electrons. The molecule has 0 saturated heterocycles. The fourth-order valence-electron chi connectivity index (χ4n) is 1.82. The van der Waals surface area contributed by atoms with Crippen LogP contribution in [0.5, 0.6) is 0 Å². The molecule has 1 aromatic rings. The number of aryl methyl sites for hydroxylation is 1. The Kier molecular flexibility index (Phi) is 5.82. The van der Waals surface area contributed by atoms with Crippen LogP contribution in [0.4, 0.5) is 0 Å². The maximum atomic E-state index is 12.1. The lowest BCUT2D eigenvalue weighted by molar-refractivity contribution is -0.125.